The van der Waals surface area contributed by atoms with E-state index in [1.54, 1.807) is 44.6 Å². The Morgan fingerprint density at radius 2 is 1.60 bits per heavy atom. The van der Waals surface area contributed by atoms with E-state index < -0.39 is 10.0 Å². The van der Waals surface area contributed by atoms with Crippen LogP contribution in [-0.2, 0) is 10.0 Å². The third-order valence-corrected chi connectivity index (χ3v) is 5.63. The Hall–Kier alpha value is -2.05. The molecule has 0 spiro atoms. The second kappa shape index (κ2) is 8.36. The SMILES string of the molecule is COc1ccc(C(CNS(=O)(=O)c2ccccc2)C(C)C)cc1OC. The lowest BCUT2D eigenvalue weighted by molar-refractivity contribution is 0.353. The van der Waals surface area contributed by atoms with Crippen molar-refractivity contribution in [1.29, 1.82) is 0 Å². The molecule has 25 heavy (non-hydrogen) atoms. The summed E-state index contributed by atoms with van der Waals surface area (Å²) >= 11 is 0. The number of nitrogens with one attached hydrogen (secondary N) is 1. The van der Waals surface area contributed by atoms with Gasteiger partial charge in [0.15, 0.2) is 11.5 Å². The van der Waals surface area contributed by atoms with E-state index in [1.807, 2.05) is 18.2 Å². The van der Waals surface area contributed by atoms with Gasteiger partial charge in [0, 0.05) is 6.54 Å². The molecule has 2 aromatic rings. The van der Waals surface area contributed by atoms with Gasteiger partial charge in [-0.1, -0.05) is 38.1 Å². The van der Waals surface area contributed by atoms with Gasteiger partial charge in [-0.2, -0.15) is 0 Å². The summed E-state index contributed by atoms with van der Waals surface area (Å²) < 4.78 is 38.3. The fourth-order valence-electron chi connectivity index (χ4n) is 2.70. The first-order chi connectivity index (χ1) is 11.9. The molecule has 0 heterocycles. The van der Waals surface area contributed by atoms with Gasteiger partial charge in [0.1, 0.15) is 0 Å². The molecule has 0 amide bonds. The van der Waals surface area contributed by atoms with E-state index >= 15 is 0 Å². The van der Waals surface area contributed by atoms with Crippen LogP contribution in [0.15, 0.2) is 53.4 Å². The second-order valence-corrected chi connectivity index (χ2v) is 7.90. The van der Waals surface area contributed by atoms with Crippen LogP contribution in [0, 0.1) is 5.92 Å². The monoisotopic (exact) mass is 363 g/mol. The quantitative estimate of drug-likeness (QED) is 0.780. The minimum absolute atomic E-state index is 0.0123. The Morgan fingerprint density at radius 3 is 2.16 bits per heavy atom. The molecule has 1 unspecified atom stereocenters. The van der Waals surface area contributed by atoms with E-state index in [-0.39, 0.29) is 16.7 Å². The predicted octanol–water partition coefficient (Wildman–Crippen LogP) is 3.42. The lowest BCUT2D eigenvalue weighted by atomic mass is 9.88. The van der Waals surface area contributed by atoms with Crippen LogP contribution in [0.5, 0.6) is 11.5 Å². The molecular weight excluding hydrogens is 338 g/mol. The van der Waals surface area contributed by atoms with Crippen LogP contribution in [0.25, 0.3) is 0 Å². The van der Waals surface area contributed by atoms with E-state index in [0.29, 0.717) is 18.0 Å². The van der Waals surface area contributed by atoms with Crippen LogP contribution in [0.1, 0.15) is 25.3 Å². The number of hydrogen-bond donors (Lipinski definition) is 1. The fraction of sp³-hybridized carbons (Fsp3) is 0.368. The number of methoxy groups -OCH3 is 2. The summed E-state index contributed by atoms with van der Waals surface area (Å²) in [5, 5.41) is 0. The molecule has 1 atom stereocenters. The topological polar surface area (TPSA) is 64.6 Å². The molecule has 0 aromatic heterocycles. The maximum atomic E-state index is 12.5. The molecule has 0 aliphatic carbocycles. The minimum Gasteiger partial charge on any atom is -0.493 e. The number of benzene rings is 2. The molecule has 136 valence electrons. The first-order valence-corrected chi connectivity index (χ1v) is 9.64. The van der Waals surface area contributed by atoms with Gasteiger partial charge in [-0.15, -0.1) is 0 Å². The Labute approximate surface area is 150 Å². The van der Waals surface area contributed by atoms with Gasteiger partial charge in [0.2, 0.25) is 10.0 Å². The molecule has 0 aliphatic heterocycles. The maximum absolute atomic E-state index is 12.5. The average Bonchev–Trinajstić information content (AvgIpc) is 2.62. The number of hydrogen-bond acceptors (Lipinski definition) is 4. The van der Waals surface area contributed by atoms with Crippen molar-refractivity contribution >= 4 is 10.0 Å². The molecule has 5 nitrogen and oxygen atoms in total. The zero-order chi connectivity index (χ0) is 18.4. The molecule has 0 saturated carbocycles. The molecule has 0 saturated heterocycles. The highest BCUT2D eigenvalue weighted by atomic mass is 32.2. The molecular formula is C19H25NO4S. The highest BCUT2D eigenvalue weighted by molar-refractivity contribution is 7.89. The molecule has 0 aliphatic rings. The zero-order valence-electron chi connectivity index (χ0n) is 15.0. The molecule has 0 bridgehead atoms. The van der Waals surface area contributed by atoms with E-state index in [2.05, 4.69) is 18.6 Å². The normalized spacial score (nSPS) is 12.8. The first kappa shape index (κ1) is 19.3. The molecule has 6 heteroatoms. The molecule has 2 aromatic carbocycles. The molecule has 2 rings (SSSR count). The third-order valence-electron chi connectivity index (χ3n) is 4.19. The van der Waals surface area contributed by atoms with Crippen LogP contribution in [0.2, 0.25) is 0 Å². The van der Waals surface area contributed by atoms with Crippen molar-refractivity contribution in [3.8, 4) is 11.5 Å². The average molecular weight is 363 g/mol. The van der Waals surface area contributed by atoms with Crippen molar-refractivity contribution in [2.24, 2.45) is 5.92 Å². The highest BCUT2D eigenvalue weighted by Gasteiger charge is 2.21. The summed E-state index contributed by atoms with van der Waals surface area (Å²) in [5.41, 5.74) is 1.00. The summed E-state index contributed by atoms with van der Waals surface area (Å²) in [6.45, 7) is 4.45. The summed E-state index contributed by atoms with van der Waals surface area (Å²) in [4.78, 5) is 0.268. The van der Waals surface area contributed by atoms with E-state index in [9.17, 15) is 8.42 Å². The number of ether oxygens (including phenoxy) is 2. The predicted molar refractivity (Wildman–Crippen MR) is 98.8 cm³/mol. The van der Waals surface area contributed by atoms with Crippen molar-refractivity contribution in [3.63, 3.8) is 0 Å². The van der Waals surface area contributed by atoms with E-state index in [4.69, 9.17) is 9.47 Å². The first-order valence-electron chi connectivity index (χ1n) is 8.15. The van der Waals surface area contributed by atoms with Gasteiger partial charge in [0.05, 0.1) is 19.1 Å². The Bertz CT molecular complexity index is 788. The molecule has 0 radical (unpaired) electrons. The van der Waals surface area contributed by atoms with Gasteiger partial charge >= 0.3 is 0 Å². The standard InChI is InChI=1S/C19H25NO4S/c1-14(2)17(15-10-11-18(23-3)19(12-15)24-4)13-20-25(21,22)16-8-6-5-7-9-16/h5-12,14,17,20H,13H2,1-4H3. The second-order valence-electron chi connectivity index (χ2n) is 6.13. The Morgan fingerprint density at radius 1 is 0.960 bits per heavy atom. The van der Waals surface area contributed by atoms with Crippen molar-refractivity contribution in [1.82, 2.24) is 4.72 Å². The summed E-state index contributed by atoms with van der Waals surface area (Å²) in [7, 11) is -0.355. The lowest BCUT2D eigenvalue weighted by Gasteiger charge is -2.23. The molecule has 0 fully saturated rings. The van der Waals surface area contributed by atoms with Crippen LogP contribution < -0.4 is 14.2 Å². The van der Waals surface area contributed by atoms with Crippen LogP contribution >= 0.6 is 0 Å². The van der Waals surface area contributed by atoms with Crippen molar-refractivity contribution < 1.29 is 17.9 Å². The lowest BCUT2D eigenvalue weighted by Crippen LogP contribution is -2.30. The Balaban J connectivity index is 2.22. The summed E-state index contributed by atoms with van der Waals surface area (Å²) in [5.74, 6) is 1.55. The number of sulfonamides is 1. The Kier molecular flexibility index (Phi) is 6.45. The third kappa shape index (κ3) is 4.74. The zero-order valence-corrected chi connectivity index (χ0v) is 15.8. The van der Waals surface area contributed by atoms with Gasteiger partial charge < -0.3 is 9.47 Å². The van der Waals surface area contributed by atoms with Gasteiger partial charge in [-0.3, -0.25) is 0 Å². The smallest absolute Gasteiger partial charge is 0.240 e. The molecule has 1 N–H and O–H groups in total. The van der Waals surface area contributed by atoms with Gasteiger partial charge in [-0.05, 0) is 41.7 Å². The van der Waals surface area contributed by atoms with Crippen LogP contribution in [0.4, 0.5) is 0 Å². The summed E-state index contributed by atoms with van der Waals surface area (Å²) in [6, 6.07) is 14.1. The van der Waals surface area contributed by atoms with Gasteiger partial charge in [0.25, 0.3) is 0 Å². The van der Waals surface area contributed by atoms with E-state index in [1.165, 1.54) is 0 Å². The van der Waals surface area contributed by atoms with E-state index in [0.717, 1.165) is 5.56 Å². The maximum Gasteiger partial charge on any atom is 0.240 e. The number of rotatable bonds is 8. The highest BCUT2D eigenvalue weighted by Crippen LogP contribution is 2.33. The van der Waals surface area contributed by atoms with Crippen molar-refractivity contribution in [3.05, 3.63) is 54.1 Å². The van der Waals surface area contributed by atoms with Gasteiger partial charge in [-0.25, -0.2) is 13.1 Å². The fourth-order valence-corrected chi connectivity index (χ4v) is 3.79. The minimum atomic E-state index is -3.53. The van der Waals surface area contributed by atoms with Crippen LogP contribution in [0.3, 0.4) is 0 Å². The summed E-state index contributed by atoms with van der Waals surface area (Å²) in [6.07, 6.45) is 0. The van der Waals surface area contributed by atoms with Crippen molar-refractivity contribution in [2.75, 3.05) is 20.8 Å². The van der Waals surface area contributed by atoms with Crippen molar-refractivity contribution in [2.45, 2.75) is 24.7 Å². The van der Waals surface area contributed by atoms with Crippen LogP contribution in [-0.4, -0.2) is 29.2 Å². The largest absolute Gasteiger partial charge is 0.493 e.